The Kier molecular flexibility index (Phi) is 6.19. The SMILES string of the molecule is CCOc1cc(C#N)ccc1OC(=O)c1ccc(C(=O)NC(C)(C)C)cc1. The van der Waals surface area contributed by atoms with Gasteiger partial charge in [-0.25, -0.2) is 4.79 Å². The molecule has 2 aromatic carbocycles. The lowest BCUT2D eigenvalue weighted by Gasteiger charge is -2.20. The number of amides is 1. The summed E-state index contributed by atoms with van der Waals surface area (Å²) in [4.78, 5) is 24.5. The number of rotatable bonds is 5. The third-order valence-corrected chi connectivity index (χ3v) is 3.45. The largest absolute Gasteiger partial charge is 0.490 e. The lowest BCUT2D eigenvalue weighted by molar-refractivity contribution is 0.0727. The number of nitrogens with zero attached hydrogens (tertiary/aromatic N) is 1. The molecule has 0 atom stereocenters. The normalized spacial score (nSPS) is 10.6. The smallest absolute Gasteiger partial charge is 0.343 e. The summed E-state index contributed by atoms with van der Waals surface area (Å²) in [5, 5.41) is 11.8. The van der Waals surface area contributed by atoms with Crippen molar-refractivity contribution in [3.63, 3.8) is 0 Å². The van der Waals surface area contributed by atoms with Gasteiger partial charge in [0.05, 0.1) is 23.8 Å². The van der Waals surface area contributed by atoms with Crippen LogP contribution in [-0.2, 0) is 0 Å². The Balaban J connectivity index is 2.15. The molecule has 2 rings (SSSR count). The Hall–Kier alpha value is -3.33. The van der Waals surface area contributed by atoms with E-state index in [1.807, 2.05) is 26.8 Å². The van der Waals surface area contributed by atoms with E-state index in [-0.39, 0.29) is 17.2 Å². The van der Waals surface area contributed by atoms with Crippen LogP contribution in [0.15, 0.2) is 42.5 Å². The fourth-order valence-corrected chi connectivity index (χ4v) is 2.26. The molecule has 0 fully saturated rings. The third kappa shape index (κ3) is 5.58. The average molecular weight is 366 g/mol. The van der Waals surface area contributed by atoms with Crippen molar-refractivity contribution in [1.29, 1.82) is 5.26 Å². The molecule has 6 nitrogen and oxygen atoms in total. The van der Waals surface area contributed by atoms with Crippen molar-refractivity contribution >= 4 is 11.9 Å². The monoisotopic (exact) mass is 366 g/mol. The first-order chi connectivity index (χ1) is 12.7. The molecule has 0 bridgehead atoms. The van der Waals surface area contributed by atoms with E-state index < -0.39 is 5.97 Å². The topological polar surface area (TPSA) is 88.4 Å². The first-order valence-corrected chi connectivity index (χ1v) is 8.55. The molecule has 0 aliphatic rings. The van der Waals surface area contributed by atoms with Crippen molar-refractivity contribution < 1.29 is 19.1 Å². The van der Waals surface area contributed by atoms with Crippen molar-refractivity contribution in [2.75, 3.05) is 6.61 Å². The van der Waals surface area contributed by atoms with Crippen LogP contribution in [0.1, 0.15) is 54.0 Å². The highest BCUT2D eigenvalue weighted by Crippen LogP contribution is 2.29. The van der Waals surface area contributed by atoms with Gasteiger partial charge in [0, 0.05) is 17.2 Å². The van der Waals surface area contributed by atoms with Crippen molar-refractivity contribution in [3.8, 4) is 17.6 Å². The van der Waals surface area contributed by atoms with E-state index in [0.717, 1.165) is 0 Å². The van der Waals surface area contributed by atoms with Crippen LogP contribution in [0.5, 0.6) is 11.5 Å². The molecule has 6 heteroatoms. The van der Waals surface area contributed by atoms with Gasteiger partial charge in [0.15, 0.2) is 11.5 Å². The molecule has 1 amide bonds. The number of hydrogen-bond acceptors (Lipinski definition) is 5. The molecule has 0 saturated heterocycles. The summed E-state index contributed by atoms with van der Waals surface area (Å²) in [6, 6.07) is 12.8. The number of carbonyl (C=O) groups excluding carboxylic acids is 2. The highest BCUT2D eigenvalue weighted by atomic mass is 16.6. The molecular weight excluding hydrogens is 344 g/mol. The number of nitrogens with one attached hydrogen (secondary N) is 1. The molecule has 0 saturated carbocycles. The maximum absolute atomic E-state index is 12.4. The minimum absolute atomic E-state index is 0.215. The molecule has 0 radical (unpaired) electrons. The number of carbonyl (C=O) groups is 2. The van der Waals surface area contributed by atoms with Crippen LogP contribution in [0.2, 0.25) is 0 Å². The summed E-state index contributed by atoms with van der Waals surface area (Å²) in [5.74, 6) is -0.238. The Morgan fingerprint density at radius 3 is 2.22 bits per heavy atom. The fourth-order valence-electron chi connectivity index (χ4n) is 2.26. The number of ether oxygens (including phenoxy) is 2. The van der Waals surface area contributed by atoms with Crippen LogP contribution >= 0.6 is 0 Å². The van der Waals surface area contributed by atoms with E-state index in [2.05, 4.69) is 5.32 Å². The zero-order valence-corrected chi connectivity index (χ0v) is 15.8. The Morgan fingerprint density at radius 2 is 1.67 bits per heavy atom. The quantitative estimate of drug-likeness (QED) is 0.644. The molecule has 0 spiro atoms. The first-order valence-electron chi connectivity index (χ1n) is 8.55. The maximum Gasteiger partial charge on any atom is 0.343 e. The van der Waals surface area contributed by atoms with Gasteiger partial charge in [-0.3, -0.25) is 4.79 Å². The van der Waals surface area contributed by atoms with Crippen molar-refractivity contribution in [3.05, 3.63) is 59.2 Å². The van der Waals surface area contributed by atoms with Crippen LogP contribution in [0.4, 0.5) is 0 Å². The second-order valence-corrected chi connectivity index (χ2v) is 6.88. The number of hydrogen-bond donors (Lipinski definition) is 1. The predicted molar refractivity (Wildman–Crippen MR) is 101 cm³/mol. The Bertz CT molecular complexity index is 875. The minimum Gasteiger partial charge on any atom is -0.490 e. The first kappa shape index (κ1) is 20.0. The van der Waals surface area contributed by atoms with E-state index >= 15 is 0 Å². The van der Waals surface area contributed by atoms with Crippen LogP contribution in [0, 0.1) is 11.3 Å². The van der Waals surface area contributed by atoms with E-state index in [4.69, 9.17) is 14.7 Å². The van der Waals surface area contributed by atoms with Gasteiger partial charge < -0.3 is 14.8 Å². The highest BCUT2D eigenvalue weighted by Gasteiger charge is 2.17. The lowest BCUT2D eigenvalue weighted by atomic mass is 10.1. The van der Waals surface area contributed by atoms with Gasteiger partial charge in [-0.15, -0.1) is 0 Å². The van der Waals surface area contributed by atoms with Crippen molar-refractivity contribution in [1.82, 2.24) is 5.32 Å². The zero-order valence-electron chi connectivity index (χ0n) is 15.8. The maximum atomic E-state index is 12.4. The summed E-state index contributed by atoms with van der Waals surface area (Å²) < 4.78 is 10.8. The van der Waals surface area contributed by atoms with Gasteiger partial charge in [0.1, 0.15) is 0 Å². The van der Waals surface area contributed by atoms with Gasteiger partial charge in [0.25, 0.3) is 5.91 Å². The molecule has 0 aliphatic carbocycles. The van der Waals surface area contributed by atoms with Gasteiger partial charge in [-0.05, 0) is 64.1 Å². The van der Waals surface area contributed by atoms with Gasteiger partial charge in [0.2, 0.25) is 0 Å². The summed E-state index contributed by atoms with van der Waals surface area (Å²) in [5.41, 5.74) is 0.816. The summed E-state index contributed by atoms with van der Waals surface area (Å²) in [6.45, 7) is 7.85. The van der Waals surface area contributed by atoms with Gasteiger partial charge in [-0.1, -0.05) is 0 Å². The molecular formula is C21H22N2O4. The standard InChI is InChI=1S/C21H22N2O4/c1-5-26-18-12-14(13-22)6-11-17(18)27-20(25)16-9-7-15(8-10-16)19(24)23-21(2,3)4/h6-12H,5H2,1-4H3,(H,23,24). The van der Waals surface area contributed by atoms with E-state index in [1.165, 1.54) is 24.3 Å². The fraction of sp³-hybridized carbons (Fsp3) is 0.286. The number of nitriles is 1. The van der Waals surface area contributed by atoms with Crippen molar-refractivity contribution in [2.45, 2.75) is 33.2 Å². The molecule has 27 heavy (non-hydrogen) atoms. The van der Waals surface area contributed by atoms with Crippen LogP contribution < -0.4 is 14.8 Å². The second kappa shape index (κ2) is 8.37. The Morgan fingerprint density at radius 1 is 1.04 bits per heavy atom. The molecule has 2 aromatic rings. The van der Waals surface area contributed by atoms with Crippen LogP contribution in [0.25, 0.3) is 0 Å². The predicted octanol–water partition coefficient (Wildman–Crippen LogP) is 3.70. The van der Waals surface area contributed by atoms with E-state index in [9.17, 15) is 9.59 Å². The van der Waals surface area contributed by atoms with Gasteiger partial charge in [-0.2, -0.15) is 5.26 Å². The minimum atomic E-state index is -0.580. The molecule has 1 N–H and O–H groups in total. The Labute approximate surface area is 158 Å². The summed E-state index contributed by atoms with van der Waals surface area (Å²) in [7, 11) is 0. The van der Waals surface area contributed by atoms with E-state index in [1.54, 1.807) is 25.1 Å². The average Bonchev–Trinajstić information content (AvgIpc) is 2.62. The number of benzene rings is 2. The molecule has 0 heterocycles. The molecule has 0 aliphatic heterocycles. The van der Waals surface area contributed by atoms with Crippen LogP contribution in [0.3, 0.4) is 0 Å². The molecule has 140 valence electrons. The lowest BCUT2D eigenvalue weighted by Crippen LogP contribution is -2.40. The third-order valence-electron chi connectivity index (χ3n) is 3.45. The van der Waals surface area contributed by atoms with E-state index in [0.29, 0.717) is 29.0 Å². The van der Waals surface area contributed by atoms with Crippen LogP contribution in [-0.4, -0.2) is 24.0 Å². The highest BCUT2D eigenvalue weighted by molar-refractivity contribution is 5.97. The summed E-state index contributed by atoms with van der Waals surface area (Å²) in [6.07, 6.45) is 0. The summed E-state index contributed by atoms with van der Waals surface area (Å²) >= 11 is 0. The molecule has 0 aromatic heterocycles. The molecule has 0 unspecified atom stereocenters. The zero-order chi connectivity index (χ0) is 20.0. The van der Waals surface area contributed by atoms with Crippen molar-refractivity contribution in [2.24, 2.45) is 0 Å². The number of esters is 1. The van der Waals surface area contributed by atoms with Gasteiger partial charge >= 0.3 is 5.97 Å². The second-order valence-electron chi connectivity index (χ2n) is 6.88.